The summed E-state index contributed by atoms with van der Waals surface area (Å²) in [6.45, 7) is 1.94. The van der Waals surface area contributed by atoms with E-state index in [2.05, 4.69) is 15.6 Å². The third-order valence-electron chi connectivity index (χ3n) is 4.91. The van der Waals surface area contributed by atoms with Crippen LogP contribution in [0.2, 0.25) is 0 Å². The summed E-state index contributed by atoms with van der Waals surface area (Å²) in [6.07, 6.45) is 7.25. The van der Waals surface area contributed by atoms with Gasteiger partial charge in [0.1, 0.15) is 0 Å². The van der Waals surface area contributed by atoms with Gasteiger partial charge in [-0.25, -0.2) is 4.98 Å². The van der Waals surface area contributed by atoms with Crippen molar-refractivity contribution >= 4 is 17.5 Å². The minimum atomic E-state index is -0.144. The number of nitrogens with one attached hydrogen (secondary N) is 2. The number of aromatic nitrogens is 2. The van der Waals surface area contributed by atoms with Gasteiger partial charge in [-0.05, 0) is 61.7 Å². The van der Waals surface area contributed by atoms with Gasteiger partial charge in [0.15, 0.2) is 0 Å². The minimum absolute atomic E-state index is 0.0910. The standard InChI is InChI=1S/C22H22N4O2/c1-15(16-4-8-19(9-5-16)25-22(28)17-2-3-17)24-21(27)18-6-10-20(11-7-18)26-13-12-23-14-26/h4-15,17H,2-3H2,1H3,(H,24,27)(H,25,28). The van der Waals surface area contributed by atoms with Crippen molar-refractivity contribution in [2.45, 2.75) is 25.8 Å². The SMILES string of the molecule is CC(NC(=O)c1ccc(-n2ccnc2)cc1)c1ccc(NC(=O)C2CC2)cc1. The summed E-state index contributed by atoms with van der Waals surface area (Å²) in [5, 5.41) is 5.93. The van der Waals surface area contributed by atoms with Crippen molar-refractivity contribution in [3.63, 3.8) is 0 Å². The van der Waals surface area contributed by atoms with Crippen LogP contribution in [0.3, 0.4) is 0 Å². The van der Waals surface area contributed by atoms with E-state index < -0.39 is 0 Å². The minimum Gasteiger partial charge on any atom is -0.346 e. The Morgan fingerprint density at radius 2 is 1.79 bits per heavy atom. The largest absolute Gasteiger partial charge is 0.346 e. The zero-order valence-corrected chi connectivity index (χ0v) is 15.6. The van der Waals surface area contributed by atoms with Gasteiger partial charge in [0, 0.05) is 35.2 Å². The first-order chi connectivity index (χ1) is 13.6. The van der Waals surface area contributed by atoms with Crippen molar-refractivity contribution in [1.29, 1.82) is 0 Å². The van der Waals surface area contributed by atoms with Crippen molar-refractivity contribution < 1.29 is 9.59 Å². The second kappa shape index (κ2) is 7.68. The van der Waals surface area contributed by atoms with Gasteiger partial charge in [0.2, 0.25) is 5.91 Å². The molecule has 1 atom stereocenters. The molecule has 2 N–H and O–H groups in total. The predicted molar refractivity (Wildman–Crippen MR) is 107 cm³/mol. The summed E-state index contributed by atoms with van der Waals surface area (Å²) in [4.78, 5) is 28.4. The van der Waals surface area contributed by atoms with E-state index in [0.29, 0.717) is 5.56 Å². The first-order valence-corrected chi connectivity index (χ1v) is 9.40. The molecule has 0 spiro atoms. The molecule has 1 heterocycles. The number of amides is 2. The lowest BCUT2D eigenvalue weighted by molar-refractivity contribution is -0.117. The van der Waals surface area contributed by atoms with E-state index in [0.717, 1.165) is 29.8 Å². The van der Waals surface area contributed by atoms with Crippen molar-refractivity contribution in [2.75, 3.05) is 5.32 Å². The Labute approximate surface area is 163 Å². The van der Waals surface area contributed by atoms with Gasteiger partial charge in [0.25, 0.3) is 5.91 Å². The topological polar surface area (TPSA) is 76.0 Å². The number of anilines is 1. The lowest BCUT2D eigenvalue weighted by Gasteiger charge is -2.15. The molecule has 3 aromatic rings. The number of nitrogens with zero attached hydrogens (tertiary/aromatic N) is 2. The lowest BCUT2D eigenvalue weighted by Crippen LogP contribution is -2.26. The maximum absolute atomic E-state index is 12.5. The monoisotopic (exact) mass is 374 g/mol. The quantitative estimate of drug-likeness (QED) is 0.691. The third kappa shape index (κ3) is 4.11. The number of carbonyl (C=O) groups excluding carboxylic acids is 2. The maximum Gasteiger partial charge on any atom is 0.251 e. The lowest BCUT2D eigenvalue weighted by atomic mass is 10.1. The molecule has 0 aliphatic heterocycles. The Morgan fingerprint density at radius 3 is 2.39 bits per heavy atom. The average Bonchev–Trinajstić information content (AvgIpc) is 3.43. The Hall–Kier alpha value is -3.41. The maximum atomic E-state index is 12.5. The van der Waals surface area contributed by atoms with Crippen LogP contribution in [0.4, 0.5) is 5.69 Å². The van der Waals surface area contributed by atoms with E-state index >= 15 is 0 Å². The number of benzene rings is 2. The fraction of sp³-hybridized carbons (Fsp3) is 0.227. The van der Waals surface area contributed by atoms with E-state index in [1.165, 1.54) is 0 Å². The Bertz CT molecular complexity index is 959. The molecule has 142 valence electrons. The Kier molecular flexibility index (Phi) is 4.93. The van der Waals surface area contributed by atoms with E-state index in [9.17, 15) is 9.59 Å². The van der Waals surface area contributed by atoms with Crippen molar-refractivity contribution in [2.24, 2.45) is 5.92 Å². The summed E-state index contributed by atoms with van der Waals surface area (Å²) in [5.74, 6) is 0.141. The molecular weight excluding hydrogens is 352 g/mol. The molecule has 0 bridgehead atoms. The molecule has 2 aromatic carbocycles. The molecule has 4 rings (SSSR count). The number of hydrogen-bond donors (Lipinski definition) is 2. The third-order valence-corrected chi connectivity index (χ3v) is 4.91. The smallest absolute Gasteiger partial charge is 0.251 e. The van der Waals surface area contributed by atoms with Crippen molar-refractivity contribution in [3.8, 4) is 5.69 Å². The van der Waals surface area contributed by atoms with Crippen LogP contribution in [0.15, 0.2) is 67.3 Å². The highest BCUT2D eigenvalue weighted by atomic mass is 16.2. The Balaban J connectivity index is 1.36. The molecule has 0 saturated heterocycles. The molecular formula is C22H22N4O2. The van der Waals surface area contributed by atoms with E-state index in [1.54, 1.807) is 24.7 Å². The average molecular weight is 374 g/mol. The molecule has 1 fully saturated rings. The van der Waals surface area contributed by atoms with Crippen LogP contribution in [0.5, 0.6) is 0 Å². The summed E-state index contributed by atoms with van der Waals surface area (Å²) in [6, 6.07) is 14.8. The van der Waals surface area contributed by atoms with Crippen LogP contribution in [-0.2, 0) is 4.79 Å². The molecule has 1 aliphatic carbocycles. The fourth-order valence-corrected chi connectivity index (χ4v) is 3.01. The highest BCUT2D eigenvalue weighted by molar-refractivity contribution is 5.95. The van der Waals surface area contributed by atoms with Gasteiger partial charge in [-0.1, -0.05) is 12.1 Å². The van der Waals surface area contributed by atoms with Gasteiger partial charge in [-0.2, -0.15) is 0 Å². The normalized spacial score (nSPS) is 14.3. The highest BCUT2D eigenvalue weighted by Gasteiger charge is 2.29. The first-order valence-electron chi connectivity index (χ1n) is 9.40. The molecule has 28 heavy (non-hydrogen) atoms. The molecule has 6 heteroatoms. The van der Waals surface area contributed by atoms with Gasteiger partial charge in [-0.3, -0.25) is 9.59 Å². The van der Waals surface area contributed by atoms with E-state index in [4.69, 9.17) is 0 Å². The molecule has 1 aromatic heterocycles. The van der Waals surface area contributed by atoms with Crippen LogP contribution in [0, 0.1) is 5.92 Å². The van der Waals surface area contributed by atoms with Crippen molar-refractivity contribution in [3.05, 3.63) is 78.4 Å². The van der Waals surface area contributed by atoms with Crippen LogP contribution < -0.4 is 10.6 Å². The number of carbonyl (C=O) groups is 2. The predicted octanol–water partition coefficient (Wildman–Crippen LogP) is 3.71. The second-order valence-electron chi connectivity index (χ2n) is 7.10. The molecule has 1 saturated carbocycles. The van der Waals surface area contributed by atoms with Gasteiger partial charge < -0.3 is 15.2 Å². The summed E-state index contributed by atoms with van der Waals surface area (Å²) in [7, 11) is 0. The fourth-order valence-electron chi connectivity index (χ4n) is 3.01. The summed E-state index contributed by atoms with van der Waals surface area (Å²) in [5.41, 5.74) is 3.32. The first kappa shape index (κ1) is 18.0. The van der Waals surface area contributed by atoms with Crippen molar-refractivity contribution in [1.82, 2.24) is 14.9 Å². The zero-order valence-electron chi connectivity index (χ0n) is 15.6. The van der Waals surface area contributed by atoms with Crippen LogP contribution in [-0.4, -0.2) is 21.4 Å². The van der Waals surface area contributed by atoms with E-state index in [1.807, 2.05) is 54.1 Å². The van der Waals surface area contributed by atoms with Crippen LogP contribution >= 0.6 is 0 Å². The zero-order chi connectivity index (χ0) is 19.5. The molecule has 1 aliphatic rings. The number of imidazole rings is 1. The summed E-state index contributed by atoms with van der Waals surface area (Å²) >= 11 is 0. The number of rotatable bonds is 6. The molecule has 6 nitrogen and oxygen atoms in total. The molecule has 2 amide bonds. The van der Waals surface area contributed by atoms with E-state index in [-0.39, 0.29) is 23.8 Å². The van der Waals surface area contributed by atoms with Gasteiger partial charge >= 0.3 is 0 Å². The second-order valence-corrected chi connectivity index (χ2v) is 7.10. The van der Waals surface area contributed by atoms with Crippen LogP contribution in [0.25, 0.3) is 5.69 Å². The highest BCUT2D eigenvalue weighted by Crippen LogP contribution is 2.30. The van der Waals surface area contributed by atoms with Gasteiger partial charge in [0.05, 0.1) is 12.4 Å². The molecule has 1 unspecified atom stereocenters. The summed E-state index contributed by atoms with van der Waals surface area (Å²) < 4.78 is 1.88. The van der Waals surface area contributed by atoms with Gasteiger partial charge in [-0.15, -0.1) is 0 Å². The van der Waals surface area contributed by atoms with Crippen LogP contribution in [0.1, 0.15) is 41.7 Å². The Morgan fingerprint density at radius 1 is 1.07 bits per heavy atom. The number of hydrogen-bond acceptors (Lipinski definition) is 3. The molecule has 0 radical (unpaired) electrons.